The summed E-state index contributed by atoms with van der Waals surface area (Å²) in [6.07, 6.45) is -5.29. The Morgan fingerprint density at radius 2 is 1.95 bits per heavy atom. The molecule has 0 aromatic heterocycles. The van der Waals surface area contributed by atoms with E-state index in [2.05, 4.69) is 5.32 Å². The summed E-state index contributed by atoms with van der Waals surface area (Å²) in [7, 11) is 1.38. The monoisotopic (exact) mass is 340 g/mol. The highest BCUT2D eigenvalue weighted by molar-refractivity contribution is 5.85. The molecule has 1 aliphatic rings. The number of phenols is 1. The van der Waals surface area contributed by atoms with E-state index >= 15 is 0 Å². The summed E-state index contributed by atoms with van der Waals surface area (Å²) in [4.78, 5) is 1.75. The van der Waals surface area contributed by atoms with Crippen LogP contribution in [0.4, 0.5) is 13.2 Å². The number of benzene rings is 1. The highest BCUT2D eigenvalue weighted by Gasteiger charge is 2.37. The van der Waals surface area contributed by atoms with Gasteiger partial charge in [-0.05, 0) is 6.07 Å². The Morgan fingerprint density at radius 1 is 1.32 bits per heavy atom. The number of halogens is 4. The van der Waals surface area contributed by atoms with E-state index in [0.29, 0.717) is 26.2 Å². The molecule has 0 spiro atoms. The van der Waals surface area contributed by atoms with Crippen LogP contribution in [0.2, 0.25) is 0 Å². The summed E-state index contributed by atoms with van der Waals surface area (Å²) in [5.41, 5.74) is 0.258. The Bertz CT molecular complexity index is 480. The van der Waals surface area contributed by atoms with Gasteiger partial charge in [0.25, 0.3) is 0 Å². The van der Waals surface area contributed by atoms with E-state index in [1.807, 2.05) is 0 Å². The standard InChI is InChI=1S/C14H19F3N2O2.ClH/c1-21-12-4-2-3-10(13(12)20)11(9-14(15,16)17)19-7-5-18-6-8-19;/h2-4,11,18,20H,5-9H2,1H3;1H/t11-;/m1./s1. The van der Waals surface area contributed by atoms with Gasteiger partial charge in [-0.3, -0.25) is 4.90 Å². The molecule has 1 fully saturated rings. The van der Waals surface area contributed by atoms with Gasteiger partial charge in [-0.25, -0.2) is 0 Å². The maximum atomic E-state index is 12.9. The van der Waals surface area contributed by atoms with Crippen LogP contribution in [0.25, 0.3) is 0 Å². The van der Waals surface area contributed by atoms with E-state index in [9.17, 15) is 18.3 Å². The zero-order valence-corrected chi connectivity index (χ0v) is 13.0. The fourth-order valence-corrected chi connectivity index (χ4v) is 2.62. The number of nitrogens with zero attached hydrogens (tertiary/aromatic N) is 1. The molecule has 1 aromatic carbocycles. The van der Waals surface area contributed by atoms with Gasteiger partial charge >= 0.3 is 6.18 Å². The van der Waals surface area contributed by atoms with Crippen LogP contribution in [0.15, 0.2) is 18.2 Å². The first-order chi connectivity index (χ1) is 9.92. The van der Waals surface area contributed by atoms with E-state index < -0.39 is 18.6 Å². The molecule has 8 heteroatoms. The fraction of sp³-hybridized carbons (Fsp3) is 0.571. The molecule has 4 nitrogen and oxygen atoms in total. The highest BCUT2D eigenvalue weighted by atomic mass is 35.5. The number of para-hydroxylation sites is 1. The van der Waals surface area contributed by atoms with Crippen LogP contribution in [0, 0.1) is 0 Å². The molecule has 22 heavy (non-hydrogen) atoms. The zero-order valence-electron chi connectivity index (χ0n) is 12.2. The van der Waals surface area contributed by atoms with Crippen molar-refractivity contribution in [1.29, 1.82) is 0 Å². The van der Waals surface area contributed by atoms with Crippen molar-refractivity contribution in [1.82, 2.24) is 10.2 Å². The lowest BCUT2D eigenvalue weighted by atomic mass is 9.99. The van der Waals surface area contributed by atoms with Crippen LogP contribution in [0.1, 0.15) is 18.0 Å². The van der Waals surface area contributed by atoms with Crippen molar-refractivity contribution in [2.75, 3.05) is 33.3 Å². The van der Waals surface area contributed by atoms with Crippen LogP contribution >= 0.6 is 12.4 Å². The molecule has 0 bridgehead atoms. The van der Waals surface area contributed by atoms with Gasteiger partial charge in [-0.1, -0.05) is 12.1 Å². The van der Waals surface area contributed by atoms with Crippen molar-refractivity contribution < 1.29 is 23.0 Å². The Morgan fingerprint density at radius 3 is 2.50 bits per heavy atom. The zero-order chi connectivity index (χ0) is 15.5. The summed E-state index contributed by atoms with van der Waals surface area (Å²) in [5, 5.41) is 13.3. The fourth-order valence-electron chi connectivity index (χ4n) is 2.62. The molecule has 0 radical (unpaired) electrons. The average molecular weight is 341 g/mol. The molecule has 1 heterocycles. The number of rotatable bonds is 4. The molecule has 2 N–H and O–H groups in total. The number of ether oxygens (including phenoxy) is 1. The lowest BCUT2D eigenvalue weighted by molar-refractivity contribution is -0.148. The van der Waals surface area contributed by atoms with Gasteiger partial charge in [0, 0.05) is 37.8 Å². The second-order valence-electron chi connectivity index (χ2n) is 5.02. The number of aromatic hydroxyl groups is 1. The lowest BCUT2D eigenvalue weighted by Crippen LogP contribution is -2.46. The summed E-state index contributed by atoms with van der Waals surface area (Å²) >= 11 is 0. The molecular weight excluding hydrogens is 321 g/mol. The second kappa shape index (κ2) is 7.89. The first-order valence-electron chi connectivity index (χ1n) is 6.80. The maximum Gasteiger partial charge on any atom is 0.390 e. The average Bonchev–Trinajstić information content (AvgIpc) is 2.45. The van der Waals surface area contributed by atoms with Crippen molar-refractivity contribution >= 4 is 12.4 Å². The molecule has 1 aliphatic heterocycles. The normalized spacial score (nSPS) is 17.6. The van der Waals surface area contributed by atoms with Crippen molar-refractivity contribution in [3.8, 4) is 11.5 Å². The Labute approximate surface area is 133 Å². The highest BCUT2D eigenvalue weighted by Crippen LogP contribution is 2.41. The molecule has 1 aromatic rings. The lowest BCUT2D eigenvalue weighted by Gasteiger charge is -2.36. The molecule has 2 rings (SSSR count). The summed E-state index contributed by atoms with van der Waals surface area (Å²) in [6.45, 7) is 2.30. The summed E-state index contributed by atoms with van der Waals surface area (Å²) in [5.74, 6) is -0.0254. The first-order valence-corrected chi connectivity index (χ1v) is 6.80. The van der Waals surface area contributed by atoms with Gasteiger partial charge in [0.1, 0.15) is 0 Å². The first kappa shape index (κ1) is 18.9. The summed E-state index contributed by atoms with van der Waals surface area (Å²) in [6, 6.07) is 3.75. The molecule has 126 valence electrons. The van der Waals surface area contributed by atoms with Crippen molar-refractivity contribution in [3.05, 3.63) is 23.8 Å². The minimum Gasteiger partial charge on any atom is -0.504 e. The van der Waals surface area contributed by atoms with Crippen molar-refractivity contribution in [3.63, 3.8) is 0 Å². The molecular formula is C14H20ClF3N2O2. The van der Waals surface area contributed by atoms with E-state index in [1.54, 1.807) is 11.0 Å². The third-order valence-corrected chi connectivity index (χ3v) is 3.63. The van der Waals surface area contributed by atoms with Crippen LogP contribution in [-0.4, -0.2) is 49.5 Å². The van der Waals surface area contributed by atoms with Crippen LogP contribution in [0.3, 0.4) is 0 Å². The Kier molecular flexibility index (Phi) is 6.77. The van der Waals surface area contributed by atoms with Gasteiger partial charge in [-0.15, -0.1) is 12.4 Å². The molecule has 1 saturated heterocycles. The number of nitrogens with one attached hydrogen (secondary N) is 1. The number of piperazine rings is 1. The number of hydrogen-bond donors (Lipinski definition) is 2. The van der Waals surface area contributed by atoms with Crippen molar-refractivity contribution in [2.45, 2.75) is 18.6 Å². The summed E-state index contributed by atoms with van der Waals surface area (Å²) < 4.78 is 43.7. The maximum absolute atomic E-state index is 12.9. The minimum absolute atomic E-state index is 0. The predicted molar refractivity (Wildman–Crippen MR) is 79.8 cm³/mol. The van der Waals surface area contributed by atoms with Crippen LogP contribution in [-0.2, 0) is 0 Å². The van der Waals surface area contributed by atoms with Crippen LogP contribution in [0.5, 0.6) is 11.5 Å². The quantitative estimate of drug-likeness (QED) is 0.884. The van der Waals surface area contributed by atoms with Gasteiger partial charge < -0.3 is 15.2 Å². The predicted octanol–water partition coefficient (Wildman–Crippen LogP) is 2.72. The number of alkyl halides is 3. The largest absolute Gasteiger partial charge is 0.504 e. The van der Waals surface area contributed by atoms with Gasteiger partial charge in [0.2, 0.25) is 0 Å². The molecule has 0 unspecified atom stereocenters. The smallest absolute Gasteiger partial charge is 0.390 e. The molecule has 0 aliphatic carbocycles. The van der Waals surface area contributed by atoms with Gasteiger partial charge in [0.15, 0.2) is 11.5 Å². The molecule has 1 atom stereocenters. The third kappa shape index (κ3) is 4.66. The topological polar surface area (TPSA) is 44.7 Å². The molecule has 0 saturated carbocycles. The van der Waals surface area contributed by atoms with Gasteiger partial charge in [-0.2, -0.15) is 13.2 Å². The third-order valence-electron chi connectivity index (χ3n) is 3.63. The SMILES string of the molecule is COc1cccc([C@@H](CC(F)(F)F)N2CCNCC2)c1O.Cl. The van der Waals surface area contributed by atoms with Gasteiger partial charge in [0.05, 0.1) is 13.5 Å². The Balaban J connectivity index is 0.00000242. The number of phenolic OH excluding ortho intramolecular Hbond substituents is 1. The van der Waals surface area contributed by atoms with E-state index in [0.717, 1.165) is 0 Å². The van der Waals surface area contributed by atoms with E-state index in [1.165, 1.54) is 19.2 Å². The van der Waals surface area contributed by atoms with E-state index in [-0.39, 0.29) is 29.5 Å². The number of hydrogen-bond acceptors (Lipinski definition) is 4. The Hall–Kier alpha value is -1.18. The minimum atomic E-state index is -4.30. The van der Waals surface area contributed by atoms with Crippen LogP contribution < -0.4 is 10.1 Å². The molecule has 0 amide bonds. The van der Waals surface area contributed by atoms with E-state index in [4.69, 9.17) is 4.74 Å². The number of methoxy groups -OCH3 is 1. The van der Waals surface area contributed by atoms with Crippen molar-refractivity contribution in [2.24, 2.45) is 0 Å². The second-order valence-corrected chi connectivity index (χ2v) is 5.02.